The fraction of sp³-hybridized carbons (Fsp3) is 0.111. The van der Waals surface area contributed by atoms with E-state index in [0.717, 1.165) is 23.5 Å². The van der Waals surface area contributed by atoms with Gasteiger partial charge >= 0.3 is 0 Å². The lowest BCUT2D eigenvalue weighted by atomic mass is 10.1. The van der Waals surface area contributed by atoms with Gasteiger partial charge in [-0.15, -0.1) is 5.10 Å². The molecule has 0 spiro atoms. The van der Waals surface area contributed by atoms with Gasteiger partial charge in [-0.25, -0.2) is 0 Å². The Morgan fingerprint density at radius 2 is 1.65 bits per heavy atom. The second-order valence-corrected chi connectivity index (χ2v) is 8.13. The van der Waals surface area contributed by atoms with Crippen molar-refractivity contribution in [2.24, 2.45) is 0 Å². The smallest absolute Gasteiger partial charge is 0.258 e. The average Bonchev–Trinajstić information content (AvgIpc) is 3.30. The number of para-hydroxylation sites is 1. The number of hydrogen-bond acceptors (Lipinski definition) is 5. The number of rotatable bonds is 5. The van der Waals surface area contributed by atoms with Crippen molar-refractivity contribution in [3.63, 3.8) is 0 Å². The predicted molar refractivity (Wildman–Crippen MR) is 133 cm³/mol. The molecule has 1 aromatic heterocycles. The van der Waals surface area contributed by atoms with E-state index in [9.17, 15) is 9.59 Å². The lowest BCUT2D eigenvalue weighted by Gasteiger charge is -2.17. The summed E-state index contributed by atoms with van der Waals surface area (Å²) in [6, 6.07) is 25.8. The summed E-state index contributed by atoms with van der Waals surface area (Å²) >= 11 is 0. The number of anilines is 4. The van der Waals surface area contributed by atoms with Gasteiger partial charge in [-0.3, -0.25) is 9.59 Å². The van der Waals surface area contributed by atoms with Gasteiger partial charge in [-0.1, -0.05) is 24.3 Å². The van der Waals surface area contributed by atoms with Gasteiger partial charge in [0, 0.05) is 34.7 Å². The number of nitrogens with one attached hydrogen (secondary N) is 2. The Kier molecular flexibility index (Phi) is 5.74. The maximum absolute atomic E-state index is 13.0. The van der Waals surface area contributed by atoms with Crippen LogP contribution in [0, 0.1) is 6.92 Å². The lowest BCUT2D eigenvalue weighted by molar-refractivity contribution is 0.0988. The van der Waals surface area contributed by atoms with Gasteiger partial charge in [0.15, 0.2) is 5.82 Å². The maximum Gasteiger partial charge on any atom is 0.258 e. The van der Waals surface area contributed by atoms with E-state index in [1.54, 1.807) is 47.4 Å². The number of amides is 2. The molecule has 7 nitrogen and oxygen atoms in total. The van der Waals surface area contributed by atoms with E-state index in [4.69, 9.17) is 0 Å². The van der Waals surface area contributed by atoms with Gasteiger partial charge in [0.25, 0.3) is 11.8 Å². The minimum absolute atomic E-state index is 0.0409. The third-order valence-corrected chi connectivity index (χ3v) is 5.72. The summed E-state index contributed by atoms with van der Waals surface area (Å²) in [6.45, 7) is 2.55. The summed E-state index contributed by atoms with van der Waals surface area (Å²) in [4.78, 5) is 27.6. The zero-order chi connectivity index (χ0) is 23.5. The van der Waals surface area contributed by atoms with Crippen molar-refractivity contribution in [1.29, 1.82) is 0 Å². The van der Waals surface area contributed by atoms with Gasteiger partial charge in [0.2, 0.25) is 0 Å². The Hall–Kier alpha value is -4.52. The summed E-state index contributed by atoms with van der Waals surface area (Å²) < 4.78 is 0. The molecule has 0 atom stereocenters. The van der Waals surface area contributed by atoms with Crippen LogP contribution in [0.3, 0.4) is 0 Å². The van der Waals surface area contributed by atoms with E-state index in [0.29, 0.717) is 29.2 Å². The van der Waals surface area contributed by atoms with Gasteiger partial charge in [0.1, 0.15) is 0 Å². The molecular formula is C27H23N5O2. The summed E-state index contributed by atoms with van der Waals surface area (Å²) in [5, 5.41) is 14.1. The van der Waals surface area contributed by atoms with E-state index in [-0.39, 0.29) is 11.8 Å². The first-order chi connectivity index (χ1) is 16.6. The van der Waals surface area contributed by atoms with Crippen LogP contribution >= 0.6 is 0 Å². The van der Waals surface area contributed by atoms with Crippen LogP contribution in [0.1, 0.15) is 32.0 Å². The number of aryl methyl sites for hydroxylation is 1. The normalized spacial score (nSPS) is 12.2. The van der Waals surface area contributed by atoms with Crippen LogP contribution in [0.2, 0.25) is 0 Å². The fourth-order valence-corrected chi connectivity index (χ4v) is 3.96. The number of carbonyl (C=O) groups is 2. The van der Waals surface area contributed by atoms with Crippen molar-refractivity contribution in [1.82, 2.24) is 10.2 Å². The molecule has 168 valence electrons. The zero-order valence-corrected chi connectivity index (χ0v) is 18.7. The van der Waals surface area contributed by atoms with Crippen LogP contribution in [0.4, 0.5) is 22.9 Å². The first-order valence-corrected chi connectivity index (χ1v) is 11.1. The number of carbonyl (C=O) groups excluding carboxylic acids is 2. The number of aromatic nitrogens is 2. The molecule has 0 saturated carbocycles. The van der Waals surface area contributed by atoms with Crippen molar-refractivity contribution >= 4 is 34.7 Å². The molecule has 34 heavy (non-hydrogen) atoms. The molecule has 1 aliphatic heterocycles. The topological polar surface area (TPSA) is 87.2 Å². The van der Waals surface area contributed by atoms with Crippen molar-refractivity contribution in [2.45, 2.75) is 13.3 Å². The monoisotopic (exact) mass is 449 g/mol. The molecule has 0 radical (unpaired) electrons. The van der Waals surface area contributed by atoms with Crippen LogP contribution in [0.25, 0.3) is 0 Å². The summed E-state index contributed by atoms with van der Waals surface area (Å²) in [5.74, 6) is 0.316. The van der Waals surface area contributed by atoms with E-state index in [1.165, 1.54) is 5.56 Å². The second kappa shape index (κ2) is 9.15. The summed E-state index contributed by atoms with van der Waals surface area (Å²) in [5.41, 5.74) is 5.42. The Bertz CT molecular complexity index is 1350. The molecule has 3 aromatic carbocycles. The van der Waals surface area contributed by atoms with E-state index < -0.39 is 0 Å². The first-order valence-electron chi connectivity index (χ1n) is 11.1. The molecule has 0 bridgehead atoms. The predicted octanol–water partition coefficient (Wildman–Crippen LogP) is 4.98. The SMILES string of the molecule is Cc1ccc(Nc2cccc(C(=O)Nc3ccc(C(=O)N4CCc5ccccc54)cc3)c2)nn1. The van der Waals surface area contributed by atoms with Gasteiger partial charge in [-0.05, 0) is 79.6 Å². The standard InChI is InChI=1S/C27H23N5O2/c1-18-9-14-25(31-30-18)28-23-7-4-6-21(17-23)26(33)29-22-12-10-20(11-13-22)27(34)32-16-15-19-5-2-3-8-24(19)32/h2-14,17H,15-16H2,1H3,(H,28,31)(H,29,33). The molecular weight excluding hydrogens is 426 g/mol. The molecule has 0 unspecified atom stereocenters. The van der Waals surface area contributed by atoms with Crippen LogP contribution in [-0.2, 0) is 6.42 Å². The molecule has 0 saturated heterocycles. The minimum atomic E-state index is -0.244. The Labute approximate surface area is 197 Å². The molecule has 0 fully saturated rings. The maximum atomic E-state index is 13.0. The van der Waals surface area contributed by atoms with Crippen LogP contribution < -0.4 is 15.5 Å². The highest BCUT2D eigenvalue weighted by molar-refractivity contribution is 6.08. The number of fused-ring (bicyclic) bond motifs is 1. The molecule has 7 heteroatoms. The lowest BCUT2D eigenvalue weighted by Crippen LogP contribution is -2.28. The van der Waals surface area contributed by atoms with Crippen LogP contribution in [0.15, 0.2) is 84.9 Å². The quantitative estimate of drug-likeness (QED) is 0.449. The van der Waals surface area contributed by atoms with Gasteiger partial charge in [-0.2, -0.15) is 5.10 Å². The number of hydrogen-bond donors (Lipinski definition) is 2. The summed E-state index contributed by atoms with van der Waals surface area (Å²) in [6.07, 6.45) is 0.862. The molecule has 4 aromatic rings. The minimum Gasteiger partial charge on any atom is -0.339 e. The van der Waals surface area contributed by atoms with Crippen molar-refractivity contribution < 1.29 is 9.59 Å². The number of nitrogens with zero attached hydrogens (tertiary/aromatic N) is 3. The number of benzene rings is 3. The highest BCUT2D eigenvalue weighted by atomic mass is 16.2. The van der Waals surface area contributed by atoms with Gasteiger partial charge in [0.05, 0.1) is 5.69 Å². The van der Waals surface area contributed by atoms with E-state index in [1.807, 2.05) is 43.3 Å². The average molecular weight is 450 g/mol. The third-order valence-electron chi connectivity index (χ3n) is 5.72. The second-order valence-electron chi connectivity index (χ2n) is 8.13. The van der Waals surface area contributed by atoms with Crippen molar-refractivity contribution in [3.05, 3.63) is 107 Å². The Morgan fingerprint density at radius 3 is 2.44 bits per heavy atom. The third kappa shape index (κ3) is 4.49. The summed E-state index contributed by atoms with van der Waals surface area (Å²) in [7, 11) is 0. The Morgan fingerprint density at radius 1 is 0.824 bits per heavy atom. The Balaban J connectivity index is 1.25. The van der Waals surface area contributed by atoms with E-state index >= 15 is 0 Å². The van der Waals surface area contributed by atoms with Gasteiger partial charge < -0.3 is 15.5 Å². The molecule has 2 amide bonds. The zero-order valence-electron chi connectivity index (χ0n) is 18.7. The molecule has 1 aliphatic rings. The van der Waals surface area contributed by atoms with Crippen LogP contribution in [0.5, 0.6) is 0 Å². The molecule has 2 heterocycles. The molecule has 0 aliphatic carbocycles. The first kappa shape index (κ1) is 21.3. The fourth-order valence-electron chi connectivity index (χ4n) is 3.96. The molecule has 5 rings (SSSR count). The van der Waals surface area contributed by atoms with Crippen molar-refractivity contribution in [2.75, 3.05) is 22.1 Å². The van der Waals surface area contributed by atoms with Crippen LogP contribution in [-0.4, -0.2) is 28.6 Å². The van der Waals surface area contributed by atoms with Crippen molar-refractivity contribution in [3.8, 4) is 0 Å². The molecule has 2 N–H and O–H groups in total. The largest absolute Gasteiger partial charge is 0.339 e. The highest BCUT2D eigenvalue weighted by Gasteiger charge is 2.25. The highest BCUT2D eigenvalue weighted by Crippen LogP contribution is 2.29. The van der Waals surface area contributed by atoms with E-state index in [2.05, 4.69) is 26.9 Å².